The van der Waals surface area contributed by atoms with Gasteiger partial charge in [-0.1, -0.05) is 28.1 Å². The smallest absolute Gasteiger partial charge is 0.123 e. The average Bonchev–Trinajstić information content (AvgIpc) is 2.28. The van der Waals surface area contributed by atoms with Crippen LogP contribution in [0, 0.1) is 12.7 Å². The van der Waals surface area contributed by atoms with Gasteiger partial charge in [-0.2, -0.15) is 0 Å². The Morgan fingerprint density at radius 2 is 1.47 bits per heavy atom. The number of fused-ring (bicyclic) bond motifs is 2. The fourth-order valence-electron chi connectivity index (χ4n) is 2.11. The molecule has 0 spiro atoms. The van der Waals surface area contributed by atoms with Gasteiger partial charge in [0.2, 0.25) is 0 Å². The number of aryl methyl sites for hydroxylation is 1. The first-order valence-corrected chi connectivity index (χ1v) is 6.22. The maximum Gasteiger partial charge on any atom is 0.123 e. The third-order valence-electron chi connectivity index (χ3n) is 3.04. The molecule has 0 fully saturated rings. The number of rotatable bonds is 0. The highest BCUT2D eigenvalue weighted by Gasteiger charge is 2.02. The van der Waals surface area contributed by atoms with E-state index in [-0.39, 0.29) is 5.82 Å². The predicted molar refractivity (Wildman–Crippen MR) is 73.8 cm³/mol. The van der Waals surface area contributed by atoms with Gasteiger partial charge >= 0.3 is 0 Å². The van der Waals surface area contributed by atoms with Crippen LogP contribution in [0.15, 0.2) is 46.9 Å². The van der Waals surface area contributed by atoms with Crippen LogP contribution in [0.2, 0.25) is 0 Å². The summed E-state index contributed by atoms with van der Waals surface area (Å²) in [4.78, 5) is 0. The molecule has 0 N–H and O–H groups in total. The van der Waals surface area contributed by atoms with E-state index in [0.717, 1.165) is 20.6 Å². The van der Waals surface area contributed by atoms with Gasteiger partial charge in [0.1, 0.15) is 5.82 Å². The van der Waals surface area contributed by atoms with Crippen molar-refractivity contribution in [1.82, 2.24) is 0 Å². The van der Waals surface area contributed by atoms with Gasteiger partial charge in [0, 0.05) is 4.47 Å². The molecule has 3 aromatic carbocycles. The molecule has 0 saturated carbocycles. The van der Waals surface area contributed by atoms with Gasteiger partial charge < -0.3 is 0 Å². The molecular formula is C15H10BrF. The number of hydrogen-bond acceptors (Lipinski definition) is 0. The summed E-state index contributed by atoms with van der Waals surface area (Å²) in [6, 6.07) is 13.2. The van der Waals surface area contributed by atoms with Gasteiger partial charge in [-0.05, 0) is 64.4 Å². The van der Waals surface area contributed by atoms with Gasteiger partial charge in [-0.25, -0.2) is 4.39 Å². The van der Waals surface area contributed by atoms with Crippen molar-refractivity contribution in [2.75, 3.05) is 0 Å². The highest BCUT2D eigenvalue weighted by molar-refractivity contribution is 9.10. The zero-order valence-corrected chi connectivity index (χ0v) is 10.9. The first-order valence-electron chi connectivity index (χ1n) is 5.43. The summed E-state index contributed by atoms with van der Waals surface area (Å²) in [7, 11) is 0. The highest BCUT2D eigenvalue weighted by Crippen LogP contribution is 2.28. The second-order valence-corrected chi connectivity index (χ2v) is 5.15. The summed E-state index contributed by atoms with van der Waals surface area (Å²) in [6.07, 6.45) is 0. The molecule has 17 heavy (non-hydrogen) atoms. The standard InChI is InChI=1S/C15H10BrF/c1-9-4-11-6-12-7-14(17)3-2-10(12)5-13(11)8-15(9)16/h2-8H,1H3. The van der Waals surface area contributed by atoms with Crippen molar-refractivity contribution in [3.8, 4) is 0 Å². The maximum atomic E-state index is 13.2. The van der Waals surface area contributed by atoms with Gasteiger partial charge in [0.05, 0.1) is 0 Å². The Labute approximate surface area is 107 Å². The van der Waals surface area contributed by atoms with E-state index in [2.05, 4.69) is 41.1 Å². The summed E-state index contributed by atoms with van der Waals surface area (Å²) in [5, 5.41) is 4.32. The van der Waals surface area contributed by atoms with Gasteiger partial charge in [0.25, 0.3) is 0 Å². The van der Waals surface area contributed by atoms with Crippen molar-refractivity contribution in [2.45, 2.75) is 6.92 Å². The Bertz CT molecular complexity index is 732. The van der Waals surface area contributed by atoms with Crippen LogP contribution in [0.4, 0.5) is 4.39 Å². The molecule has 3 aromatic rings. The minimum Gasteiger partial charge on any atom is -0.207 e. The molecule has 0 aliphatic rings. The molecule has 0 radical (unpaired) electrons. The van der Waals surface area contributed by atoms with Crippen molar-refractivity contribution in [3.63, 3.8) is 0 Å². The topological polar surface area (TPSA) is 0 Å². The first kappa shape index (κ1) is 10.7. The minimum absolute atomic E-state index is 0.189. The summed E-state index contributed by atoms with van der Waals surface area (Å²) in [5.74, 6) is -0.189. The largest absolute Gasteiger partial charge is 0.207 e. The summed E-state index contributed by atoms with van der Waals surface area (Å²) in [6.45, 7) is 2.05. The molecule has 0 aromatic heterocycles. The van der Waals surface area contributed by atoms with Crippen LogP contribution < -0.4 is 0 Å². The molecule has 0 bridgehead atoms. The lowest BCUT2D eigenvalue weighted by Gasteiger charge is -2.05. The van der Waals surface area contributed by atoms with Crippen LogP contribution in [0.25, 0.3) is 21.5 Å². The third-order valence-corrected chi connectivity index (χ3v) is 3.89. The summed E-state index contributed by atoms with van der Waals surface area (Å²) >= 11 is 3.53. The van der Waals surface area contributed by atoms with Crippen molar-refractivity contribution in [3.05, 3.63) is 58.3 Å². The molecule has 3 rings (SSSR count). The molecule has 0 amide bonds. The molecule has 0 heterocycles. The lowest BCUT2D eigenvalue weighted by atomic mass is 10.0. The molecule has 0 aliphatic heterocycles. The van der Waals surface area contributed by atoms with Crippen molar-refractivity contribution < 1.29 is 4.39 Å². The molecule has 0 atom stereocenters. The van der Waals surface area contributed by atoms with E-state index >= 15 is 0 Å². The molecule has 2 heteroatoms. The second kappa shape index (κ2) is 3.81. The molecule has 0 aliphatic carbocycles. The minimum atomic E-state index is -0.189. The van der Waals surface area contributed by atoms with Crippen LogP contribution in [-0.4, -0.2) is 0 Å². The molecule has 84 valence electrons. The van der Waals surface area contributed by atoms with Gasteiger partial charge in [0.15, 0.2) is 0 Å². The second-order valence-electron chi connectivity index (χ2n) is 4.29. The van der Waals surface area contributed by atoms with Crippen LogP contribution >= 0.6 is 15.9 Å². The predicted octanol–water partition coefficient (Wildman–Crippen LogP) is 5.20. The Morgan fingerprint density at radius 3 is 2.29 bits per heavy atom. The number of benzene rings is 3. The Morgan fingerprint density at radius 1 is 0.824 bits per heavy atom. The van der Waals surface area contributed by atoms with Crippen LogP contribution in [0.1, 0.15) is 5.56 Å². The highest BCUT2D eigenvalue weighted by atomic mass is 79.9. The Kier molecular flexibility index (Phi) is 2.40. The number of hydrogen-bond donors (Lipinski definition) is 0. The van der Waals surface area contributed by atoms with Gasteiger partial charge in [-0.3, -0.25) is 0 Å². The lowest BCUT2D eigenvalue weighted by Crippen LogP contribution is -1.81. The van der Waals surface area contributed by atoms with Crippen molar-refractivity contribution in [2.24, 2.45) is 0 Å². The van der Waals surface area contributed by atoms with Crippen molar-refractivity contribution in [1.29, 1.82) is 0 Å². The van der Waals surface area contributed by atoms with Crippen molar-refractivity contribution >= 4 is 37.5 Å². The fraction of sp³-hybridized carbons (Fsp3) is 0.0667. The summed E-state index contributed by atoms with van der Waals surface area (Å²) < 4.78 is 14.3. The van der Waals surface area contributed by atoms with Crippen LogP contribution in [0.5, 0.6) is 0 Å². The summed E-state index contributed by atoms with van der Waals surface area (Å²) in [5.41, 5.74) is 1.19. The Hall–Kier alpha value is -1.41. The van der Waals surface area contributed by atoms with Gasteiger partial charge in [-0.15, -0.1) is 0 Å². The fourth-order valence-corrected chi connectivity index (χ4v) is 2.47. The van der Waals surface area contributed by atoms with E-state index in [0.29, 0.717) is 0 Å². The first-order chi connectivity index (χ1) is 8.13. The van der Waals surface area contributed by atoms with E-state index < -0.39 is 0 Å². The quantitative estimate of drug-likeness (QED) is 0.499. The van der Waals surface area contributed by atoms with E-state index in [4.69, 9.17) is 0 Å². The average molecular weight is 289 g/mol. The molecular weight excluding hydrogens is 279 g/mol. The normalized spacial score (nSPS) is 11.2. The van der Waals surface area contributed by atoms with E-state index in [1.807, 2.05) is 12.1 Å². The zero-order valence-electron chi connectivity index (χ0n) is 9.30. The monoisotopic (exact) mass is 288 g/mol. The molecule has 0 unspecified atom stereocenters. The third kappa shape index (κ3) is 1.83. The molecule has 0 saturated heterocycles. The van der Waals surface area contributed by atoms with E-state index in [1.165, 1.54) is 17.0 Å². The lowest BCUT2D eigenvalue weighted by molar-refractivity contribution is 0.630. The van der Waals surface area contributed by atoms with E-state index in [1.54, 1.807) is 6.07 Å². The van der Waals surface area contributed by atoms with Crippen LogP contribution in [-0.2, 0) is 0 Å². The number of halogens is 2. The van der Waals surface area contributed by atoms with Crippen LogP contribution in [0.3, 0.4) is 0 Å². The van der Waals surface area contributed by atoms with E-state index in [9.17, 15) is 4.39 Å². The maximum absolute atomic E-state index is 13.2. The molecule has 0 nitrogen and oxygen atoms in total. The Balaban J connectivity index is 2.43. The zero-order chi connectivity index (χ0) is 12.0. The SMILES string of the molecule is Cc1cc2cc3cc(F)ccc3cc2cc1Br.